The summed E-state index contributed by atoms with van der Waals surface area (Å²) in [5.74, 6) is 1.52. The van der Waals surface area contributed by atoms with Gasteiger partial charge in [-0.05, 0) is 66.8 Å². The van der Waals surface area contributed by atoms with Crippen molar-refractivity contribution in [2.24, 2.45) is 5.92 Å². The molecule has 0 radical (unpaired) electrons. The van der Waals surface area contributed by atoms with E-state index >= 15 is 0 Å². The lowest BCUT2D eigenvalue weighted by molar-refractivity contribution is 0.0597. The van der Waals surface area contributed by atoms with Crippen molar-refractivity contribution in [1.82, 2.24) is 0 Å². The molecule has 4 aromatic rings. The normalized spacial score (nSPS) is 11.3. The highest BCUT2D eigenvalue weighted by atomic mass is 16.5. The van der Waals surface area contributed by atoms with Gasteiger partial charge in [-0.15, -0.1) is 0 Å². The van der Waals surface area contributed by atoms with E-state index in [-0.39, 0.29) is 11.7 Å². The Morgan fingerprint density at radius 3 is 1.93 bits per heavy atom. The summed E-state index contributed by atoms with van der Waals surface area (Å²) in [6, 6.07) is 28.0. The van der Waals surface area contributed by atoms with Gasteiger partial charge in [0.25, 0.3) is 0 Å². The van der Waals surface area contributed by atoms with Crippen molar-refractivity contribution in [2.45, 2.75) is 19.3 Å². The number of hydrogen-bond acceptors (Lipinski definition) is 7. The molecule has 1 unspecified atom stereocenters. The molecule has 0 saturated carbocycles. The van der Waals surface area contributed by atoms with Gasteiger partial charge in [0, 0.05) is 11.5 Å². The maximum Gasteiger partial charge on any atom is 0.341 e. The molecule has 0 aliphatic heterocycles. The van der Waals surface area contributed by atoms with Gasteiger partial charge < -0.3 is 23.7 Å². The number of ketones is 1. The van der Waals surface area contributed by atoms with Crippen LogP contribution in [0.4, 0.5) is 0 Å². The smallest absolute Gasteiger partial charge is 0.341 e. The summed E-state index contributed by atoms with van der Waals surface area (Å²) in [6.07, 6.45) is 1.94. The third-order valence-electron chi connectivity index (χ3n) is 6.87. The molecule has 4 aromatic carbocycles. The average Bonchev–Trinajstić information content (AvgIpc) is 3.03. The molecule has 0 fully saturated rings. The number of hydrogen-bond donors (Lipinski definition) is 0. The van der Waals surface area contributed by atoms with Gasteiger partial charge in [-0.3, -0.25) is 4.79 Å². The summed E-state index contributed by atoms with van der Waals surface area (Å²) in [6.45, 7) is 0. The van der Waals surface area contributed by atoms with Crippen LogP contribution in [0.1, 0.15) is 38.3 Å². The van der Waals surface area contributed by atoms with E-state index in [1.54, 1.807) is 36.4 Å². The van der Waals surface area contributed by atoms with Gasteiger partial charge in [0.05, 0.1) is 28.4 Å². The van der Waals surface area contributed by atoms with E-state index in [1.165, 1.54) is 34.0 Å². The van der Waals surface area contributed by atoms with Crippen molar-refractivity contribution < 1.29 is 33.3 Å². The highest BCUT2D eigenvalue weighted by Crippen LogP contribution is 2.39. The maximum absolute atomic E-state index is 13.9. The molecule has 212 valence electrons. The summed E-state index contributed by atoms with van der Waals surface area (Å²) in [5, 5.41) is 0. The zero-order valence-corrected chi connectivity index (χ0v) is 23.7. The standard InChI is InChI=1S/C34H34O7/c1-37-30-21-26(22-31(38-2)33(30)39-3)32(35)25(17-14-23-10-6-5-7-11-23)20-24-15-18-27(19-16-24)41-29-13-9-8-12-28(29)34(36)40-4/h5-13,15-16,18-19,21-22,25H,14,17,20H2,1-4H3. The van der Waals surface area contributed by atoms with Gasteiger partial charge >= 0.3 is 5.97 Å². The fraction of sp³-hybridized carbons (Fsp3) is 0.235. The molecule has 7 heteroatoms. The highest BCUT2D eigenvalue weighted by molar-refractivity contribution is 5.99. The second-order valence-electron chi connectivity index (χ2n) is 9.44. The molecule has 0 bridgehead atoms. The molecule has 0 spiro atoms. The molecule has 7 nitrogen and oxygen atoms in total. The van der Waals surface area contributed by atoms with Crippen LogP contribution in [0, 0.1) is 5.92 Å². The van der Waals surface area contributed by atoms with Crippen LogP contribution in [0.25, 0.3) is 0 Å². The Morgan fingerprint density at radius 2 is 1.32 bits per heavy atom. The lowest BCUT2D eigenvalue weighted by Crippen LogP contribution is -2.19. The fourth-order valence-electron chi connectivity index (χ4n) is 4.71. The molecule has 0 N–H and O–H groups in total. The molecule has 4 rings (SSSR count). The predicted molar refractivity (Wildman–Crippen MR) is 157 cm³/mol. The van der Waals surface area contributed by atoms with Gasteiger partial charge in [0.15, 0.2) is 17.3 Å². The monoisotopic (exact) mass is 554 g/mol. The molecule has 0 saturated heterocycles. The average molecular weight is 555 g/mol. The quantitative estimate of drug-likeness (QED) is 0.130. The second-order valence-corrected chi connectivity index (χ2v) is 9.44. The van der Waals surface area contributed by atoms with Crippen LogP contribution >= 0.6 is 0 Å². The molecule has 0 heterocycles. The molecule has 0 aliphatic carbocycles. The number of Topliss-reactive ketones (excluding diaryl/α,β-unsaturated/α-hetero) is 1. The fourth-order valence-corrected chi connectivity index (χ4v) is 4.71. The van der Waals surface area contributed by atoms with Crippen LogP contribution in [0.15, 0.2) is 91.0 Å². The third kappa shape index (κ3) is 7.25. The van der Waals surface area contributed by atoms with Crippen LogP contribution in [-0.2, 0) is 17.6 Å². The third-order valence-corrected chi connectivity index (χ3v) is 6.87. The molecule has 1 atom stereocenters. The number of carbonyl (C=O) groups excluding carboxylic acids is 2. The summed E-state index contributed by atoms with van der Waals surface area (Å²) in [7, 11) is 5.94. The number of esters is 1. The van der Waals surface area contributed by atoms with Crippen LogP contribution < -0.4 is 18.9 Å². The Kier molecular flexibility index (Phi) is 9.99. The Morgan fingerprint density at radius 1 is 0.683 bits per heavy atom. The van der Waals surface area contributed by atoms with E-state index in [1.807, 2.05) is 42.5 Å². The SMILES string of the molecule is COC(=O)c1ccccc1Oc1ccc(CC(CCc2ccccc2)C(=O)c2cc(OC)c(OC)c(OC)c2)cc1. The molecule has 0 amide bonds. The van der Waals surface area contributed by atoms with Crippen molar-refractivity contribution in [3.05, 3.63) is 113 Å². The predicted octanol–water partition coefficient (Wildman–Crippen LogP) is 6.97. The van der Waals surface area contributed by atoms with E-state index in [9.17, 15) is 9.59 Å². The summed E-state index contributed by atoms with van der Waals surface area (Å²) < 4.78 is 27.3. The molecule has 0 aliphatic rings. The van der Waals surface area contributed by atoms with Gasteiger partial charge in [-0.2, -0.15) is 0 Å². The van der Waals surface area contributed by atoms with Crippen molar-refractivity contribution in [3.8, 4) is 28.7 Å². The first kappa shape index (κ1) is 29.2. The van der Waals surface area contributed by atoms with E-state index in [4.69, 9.17) is 23.7 Å². The van der Waals surface area contributed by atoms with Crippen LogP contribution in [0.5, 0.6) is 28.7 Å². The summed E-state index contributed by atoms with van der Waals surface area (Å²) >= 11 is 0. The number of aryl methyl sites for hydroxylation is 1. The van der Waals surface area contributed by atoms with Gasteiger partial charge in [-0.25, -0.2) is 4.79 Å². The first-order valence-electron chi connectivity index (χ1n) is 13.3. The zero-order valence-electron chi connectivity index (χ0n) is 23.7. The summed E-state index contributed by atoms with van der Waals surface area (Å²) in [4.78, 5) is 26.0. The van der Waals surface area contributed by atoms with E-state index in [0.29, 0.717) is 52.7 Å². The van der Waals surface area contributed by atoms with Crippen molar-refractivity contribution in [2.75, 3.05) is 28.4 Å². The van der Waals surface area contributed by atoms with Crippen molar-refractivity contribution >= 4 is 11.8 Å². The Labute approximate surface area is 240 Å². The molecule has 0 aromatic heterocycles. The lowest BCUT2D eigenvalue weighted by Gasteiger charge is -2.19. The number of ether oxygens (including phenoxy) is 5. The van der Waals surface area contributed by atoms with Crippen molar-refractivity contribution in [3.63, 3.8) is 0 Å². The number of methoxy groups -OCH3 is 4. The molecular formula is C34H34O7. The number of carbonyl (C=O) groups is 2. The van der Waals surface area contributed by atoms with Crippen LogP contribution in [-0.4, -0.2) is 40.2 Å². The van der Waals surface area contributed by atoms with E-state index < -0.39 is 5.97 Å². The molecular weight excluding hydrogens is 520 g/mol. The Balaban J connectivity index is 1.58. The molecule has 41 heavy (non-hydrogen) atoms. The summed E-state index contributed by atoms with van der Waals surface area (Å²) in [5.41, 5.74) is 2.99. The number of rotatable bonds is 13. The van der Waals surface area contributed by atoms with Gasteiger partial charge in [0.2, 0.25) is 5.75 Å². The topological polar surface area (TPSA) is 80.3 Å². The number of benzene rings is 4. The lowest BCUT2D eigenvalue weighted by atomic mass is 9.86. The minimum atomic E-state index is -0.469. The minimum absolute atomic E-state index is 0.00693. The largest absolute Gasteiger partial charge is 0.493 e. The van der Waals surface area contributed by atoms with E-state index in [0.717, 1.165) is 12.0 Å². The highest BCUT2D eigenvalue weighted by Gasteiger charge is 2.24. The van der Waals surface area contributed by atoms with Gasteiger partial charge in [-0.1, -0.05) is 54.6 Å². The second kappa shape index (κ2) is 14.0. The van der Waals surface area contributed by atoms with Crippen LogP contribution in [0.2, 0.25) is 0 Å². The number of para-hydroxylation sites is 1. The minimum Gasteiger partial charge on any atom is -0.493 e. The van der Waals surface area contributed by atoms with Gasteiger partial charge in [0.1, 0.15) is 17.1 Å². The Hall–Kier alpha value is -4.78. The van der Waals surface area contributed by atoms with Crippen molar-refractivity contribution in [1.29, 1.82) is 0 Å². The van der Waals surface area contributed by atoms with Crippen LogP contribution in [0.3, 0.4) is 0 Å². The maximum atomic E-state index is 13.9. The Bertz CT molecular complexity index is 1440. The first-order valence-corrected chi connectivity index (χ1v) is 13.3. The zero-order chi connectivity index (χ0) is 29.2. The first-order chi connectivity index (χ1) is 20.0. The van der Waals surface area contributed by atoms with E-state index in [2.05, 4.69) is 12.1 Å².